The Morgan fingerprint density at radius 3 is 2.41 bits per heavy atom. The fraction of sp³-hybridized carbons (Fsp3) is 0.538. The quantitative estimate of drug-likeness (QED) is 0.847. The molecule has 2 fully saturated rings. The summed E-state index contributed by atoms with van der Waals surface area (Å²) in [4.78, 5) is 2.44. The van der Waals surface area contributed by atoms with Gasteiger partial charge in [-0.15, -0.1) is 0 Å². The Hall–Kier alpha value is -0.440. The van der Waals surface area contributed by atoms with E-state index in [9.17, 15) is 0 Å². The van der Waals surface area contributed by atoms with Gasteiger partial charge in [0.15, 0.2) is 0 Å². The molecule has 0 spiro atoms. The molecule has 0 radical (unpaired) electrons. The van der Waals surface area contributed by atoms with Crippen molar-refractivity contribution in [1.82, 2.24) is 0 Å². The molecule has 17 heavy (non-hydrogen) atoms. The summed E-state index contributed by atoms with van der Waals surface area (Å²) >= 11 is 12.4. The van der Waals surface area contributed by atoms with Gasteiger partial charge >= 0.3 is 0 Å². The van der Waals surface area contributed by atoms with Gasteiger partial charge in [-0.2, -0.15) is 0 Å². The van der Waals surface area contributed by atoms with Crippen molar-refractivity contribution in [3.05, 3.63) is 28.2 Å². The Morgan fingerprint density at radius 2 is 1.76 bits per heavy atom. The first kappa shape index (κ1) is 11.6. The van der Waals surface area contributed by atoms with Crippen LogP contribution >= 0.6 is 23.2 Å². The van der Waals surface area contributed by atoms with Crippen LogP contribution in [-0.2, 0) is 0 Å². The van der Waals surface area contributed by atoms with Crippen molar-refractivity contribution >= 4 is 28.9 Å². The van der Waals surface area contributed by atoms with E-state index in [1.165, 1.54) is 12.8 Å². The lowest BCUT2D eigenvalue weighted by Crippen LogP contribution is -2.47. The molecular formula is C13H16Cl2N2. The Kier molecular flexibility index (Phi) is 2.97. The van der Waals surface area contributed by atoms with Crippen molar-refractivity contribution in [2.24, 2.45) is 5.73 Å². The van der Waals surface area contributed by atoms with Crippen LogP contribution in [0.4, 0.5) is 5.69 Å². The Morgan fingerprint density at radius 1 is 1.12 bits per heavy atom. The highest BCUT2D eigenvalue weighted by Gasteiger charge is 2.40. The summed E-state index contributed by atoms with van der Waals surface area (Å²) in [5.41, 5.74) is 7.16. The summed E-state index contributed by atoms with van der Waals surface area (Å²) in [5.74, 6) is 0. The van der Waals surface area contributed by atoms with Gasteiger partial charge in [-0.25, -0.2) is 0 Å². The fourth-order valence-corrected chi connectivity index (χ4v) is 3.68. The molecule has 0 saturated carbocycles. The van der Waals surface area contributed by atoms with Gasteiger partial charge < -0.3 is 10.6 Å². The SMILES string of the molecule is NC1CC2CCC(C1)N2c1cc(Cl)ccc1Cl. The summed E-state index contributed by atoms with van der Waals surface area (Å²) in [6.45, 7) is 0. The Balaban J connectivity index is 1.97. The van der Waals surface area contributed by atoms with Crippen LogP contribution in [0.25, 0.3) is 0 Å². The lowest BCUT2D eigenvalue weighted by Gasteiger charge is -2.40. The van der Waals surface area contributed by atoms with E-state index in [-0.39, 0.29) is 0 Å². The molecule has 2 aliphatic rings. The second kappa shape index (κ2) is 4.34. The van der Waals surface area contributed by atoms with Gasteiger partial charge in [0.05, 0.1) is 10.7 Å². The van der Waals surface area contributed by atoms with E-state index in [4.69, 9.17) is 28.9 Å². The second-order valence-corrected chi connectivity index (χ2v) is 5.96. The molecule has 2 aliphatic heterocycles. The highest BCUT2D eigenvalue weighted by molar-refractivity contribution is 6.35. The molecule has 92 valence electrons. The van der Waals surface area contributed by atoms with Gasteiger partial charge in [-0.1, -0.05) is 23.2 Å². The second-order valence-electron chi connectivity index (χ2n) is 5.12. The van der Waals surface area contributed by atoms with E-state index in [2.05, 4.69) is 4.90 Å². The predicted molar refractivity (Wildman–Crippen MR) is 73.0 cm³/mol. The molecule has 2 atom stereocenters. The molecule has 3 rings (SSSR count). The molecule has 2 saturated heterocycles. The summed E-state index contributed by atoms with van der Waals surface area (Å²) in [6.07, 6.45) is 4.58. The standard InChI is InChI=1S/C13H16Cl2N2/c14-8-1-4-12(15)13(5-8)17-10-2-3-11(17)7-9(16)6-10/h1,4-5,9-11H,2-3,6-7,16H2. The van der Waals surface area contributed by atoms with Gasteiger partial charge in [0.2, 0.25) is 0 Å². The summed E-state index contributed by atoms with van der Waals surface area (Å²) < 4.78 is 0. The molecule has 2 unspecified atom stereocenters. The highest BCUT2D eigenvalue weighted by atomic mass is 35.5. The van der Waals surface area contributed by atoms with Crippen molar-refractivity contribution in [2.45, 2.75) is 43.8 Å². The molecule has 2 N–H and O–H groups in total. The zero-order valence-corrected chi connectivity index (χ0v) is 11.1. The average molecular weight is 271 g/mol. The molecule has 2 heterocycles. The number of anilines is 1. The van der Waals surface area contributed by atoms with Gasteiger partial charge in [-0.05, 0) is 43.9 Å². The number of nitrogens with two attached hydrogens (primary N) is 1. The van der Waals surface area contributed by atoms with Crippen LogP contribution in [0.1, 0.15) is 25.7 Å². The zero-order chi connectivity index (χ0) is 12.0. The maximum Gasteiger partial charge on any atom is 0.0640 e. The van der Waals surface area contributed by atoms with Crippen LogP contribution < -0.4 is 10.6 Å². The lowest BCUT2D eigenvalue weighted by atomic mass is 9.97. The molecule has 1 aromatic carbocycles. The number of nitrogens with zero attached hydrogens (tertiary/aromatic N) is 1. The maximum atomic E-state index is 6.29. The number of benzene rings is 1. The van der Waals surface area contributed by atoms with Crippen LogP contribution in [0.15, 0.2) is 18.2 Å². The van der Waals surface area contributed by atoms with E-state index >= 15 is 0 Å². The number of rotatable bonds is 1. The van der Waals surface area contributed by atoms with Crippen LogP contribution in [0.2, 0.25) is 10.0 Å². The monoisotopic (exact) mass is 270 g/mol. The third-order valence-corrected chi connectivity index (χ3v) is 4.51. The van der Waals surface area contributed by atoms with Crippen molar-refractivity contribution in [3.8, 4) is 0 Å². The van der Waals surface area contributed by atoms with Gasteiger partial charge in [0, 0.05) is 23.1 Å². The van der Waals surface area contributed by atoms with E-state index in [1.807, 2.05) is 18.2 Å². The number of halogens is 2. The third kappa shape index (κ3) is 2.03. The van der Waals surface area contributed by atoms with Crippen molar-refractivity contribution in [1.29, 1.82) is 0 Å². The van der Waals surface area contributed by atoms with Crippen LogP contribution in [0.5, 0.6) is 0 Å². The lowest BCUT2D eigenvalue weighted by molar-refractivity contribution is 0.415. The Bertz CT molecular complexity index is 421. The molecule has 2 bridgehead atoms. The van der Waals surface area contributed by atoms with E-state index in [0.29, 0.717) is 18.1 Å². The largest absolute Gasteiger partial charge is 0.364 e. The van der Waals surface area contributed by atoms with E-state index in [0.717, 1.165) is 28.6 Å². The average Bonchev–Trinajstić information content (AvgIpc) is 2.54. The molecule has 2 nitrogen and oxygen atoms in total. The van der Waals surface area contributed by atoms with Crippen LogP contribution in [0.3, 0.4) is 0 Å². The number of fused-ring (bicyclic) bond motifs is 2. The zero-order valence-electron chi connectivity index (χ0n) is 9.57. The van der Waals surface area contributed by atoms with Crippen molar-refractivity contribution in [2.75, 3.05) is 4.90 Å². The highest BCUT2D eigenvalue weighted by Crippen LogP contribution is 2.42. The molecule has 4 heteroatoms. The smallest absolute Gasteiger partial charge is 0.0640 e. The molecular weight excluding hydrogens is 255 g/mol. The molecule has 0 amide bonds. The predicted octanol–water partition coefficient (Wildman–Crippen LogP) is 3.45. The van der Waals surface area contributed by atoms with E-state index < -0.39 is 0 Å². The van der Waals surface area contributed by atoms with Gasteiger partial charge in [0.25, 0.3) is 0 Å². The first-order valence-corrected chi connectivity index (χ1v) is 6.89. The third-order valence-electron chi connectivity index (χ3n) is 3.96. The van der Waals surface area contributed by atoms with Crippen LogP contribution in [0, 0.1) is 0 Å². The summed E-state index contributed by atoms with van der Waals surface area (Å²) in [5, 5.41) is 1.54. The first-order valence-electron chi connectivity index (χ1n) is 6.14. The number of piperidine rings is 1. The van der Waals surface area contributed by atoms with Crippen molar-refractivity contribution < 1.29 is 0 Å². The van der Waals surface area contributed by atoms with Crippen LogP contribution in [-0.4, -0.2) is 18.1 Å². The molecule has 0 aliphatic carbocycles. The van der Waals surface area contributed by atoms with Gasteiger partial charge in [0.1, 0.15) is 0 Å². The Labute approximate surface area is 112 Å². The summed E-state index contributed by atoms with van der Waals surface area (Å²) in [7, 11) is 0. The fourth-order valence-electron chi connectivity index (χ4n) is 3.30. The topological polar surface area (TPSA) is 29.3 Å². The minimum absolute atomic E-state index is 0.349. The number of hydrogen-bond acceptors (Lipinski definition) is 2. The number of hydrogen-bond donors (Lipinski definition) is 1. The minimum Gasteiger partial charge on any atom is -0.364 e. The first-order chi connectivity index (χ1) is 8.15. The molecule has 1 aromatic rings. The van der Waals surface area contributed by atoms with Gasteiger partial charge in [-0.3, -0.25) is 0 Å². The minimum atomic E-state index is 0.349. The molecule has 0 aromatic heterocycles. The maximum absolute atomic E-state index is 6.29. The van der Waals surface area contributed by atoms with E-state index in [1.54, 1.807) is 0 Å². The summed E-state index contributed by atoms with van der Waals surface area (Å²) in [6, 6.07) is 7.13. The van der Waals surface area contributed by atoms with Crippen molar-refractivity contribution in [3.63, 3.8) is 0 Å². The normalized spacial score (nSPS) is 31.9.